The second kappa shape index (κ2) is 7.72. The van der Waals surface area contributed by atoms with Crippen molar-refractivity contribution in [2.45, 2.75) is 6.10 Å². The molecule has 1 aliphatic rings. The zero-order valence-electron chi connectivity index (χ0n) is 13.7. The molecule has 1 atom stereocenters. The van der Waals surface area contributed by atoms with E-state index in [4.69, 9.17) is 0 Å². The highest BCUT2D eigenvalue weighted by molar-refractivity contribution is 5.94. The second-order valence-electron chi connectivity index (χ2n) is 6.14. The minimum atomic E-state index is -0.715. The number of carbonyl (C=O) groups excluding carboxylic acids is 1. The topological polar surface area (TPSA) is 43.8 Å². The molecule has 0 unspecified atom stereocenters. The van der Waals surface area contributed by atoms with Gasteiger partial charge in [-0.2, -0.15) is 0 Å². The van der Waals surface area contributed by atoms with Crippen LogP contribution in [-0.4, -0.2) is 53.5 Å². The van der Waals surface area contributed by atoms with E-state index in [2.05, 4.69) is 4.90 Å². The van der Waals surface area contributed by atoms with Gasteiger partial charge in [0.05, 0.1) is 11.7 Å². The highest BCUT2D eigenvalue weighted by Gasteiger charge is 2.25. The predicted octanol–water partition coefficient (Wildman–Crippen LogP) is 2.46. The minimum Gasteiger partial charge on any atom is -0.387 e. The van der Waals surface area contributed by atoms with E-state index in [0.717, 1.165) is 23.8 Å². The van der Waals surface area contributed by atoms with Crippen LogP contribution >= 0.6 is 0 Å². The molecular weight excluding hydrogens is 326 g/mol. The average molecular weight is 346 g/mol. The normalized spacial score (nSPS) is 16.7. The number of β-amino-alcohol motifs (C(OH)–C–C–N with tert-alkyl or cyclic N) is 1. The first-order valence-corrected chi connectivity index (χ1v) is 8.24. The summed E-state index contributed by atoms with van der Waals surface area (Å²) in [4.78, 5) is 16.0. The number of piperazine rings is 1. The Bertz CT molecular complexity index is 731. The van der Waals surface area contributed by atoms with Crippen LogP contribution in [0, 0.1) is 11.6 Å². The molecule has 2 aromatic rings. The van der Waals surface area contributed by atoms with Gasteiger partial charge < -0.3 is 10.0 Å². The van der Waals surface area contributed by atoms with Crippen molar-refractivity contribution in [1.82, 2.24) is 9.80 Å². The SMILES string of the molecule is O=C(c1cc(F)ccc1F)N1CCN(C[C@@H](O)c2ccccc2)CC1. The summed E-state index contributed by atoms with van der Waals surface area (Å²) in [5, 5.41) is 10.3. The quantitative estimate of drug-likeness (QED) is 0.925. The van der Waals surface area contributed by atoms with Crippen LogP contribution in [0.5, 0.6) is 0 Å². The molecule has 1 heterocycles. The largest absolute Gasteiger partial charge is 0.387 e. The molecule has 1 N–H and O–H groups in total. The summed E-state index contributed by atoms with van der Waals surface area (Å²) in [7, 11) is 0. The molecule has 4 nitrogen and oxygen atoms in total. The van der Waals surface area contributed by atoms with Crippen LogP contribution in [0.15, 0.2) is 48.5 Å². The lowest BCUT2D eigenvalue weighted by molar-refractivity contribution is 0.0523. The van der Waals surface area contributed by atoms with E-state index in [1.165, 1.54) is 4.90 Å². The number of benzene rings is 2. The van der Waals surface area contributed by atoms with Crippen molar-refractivity contribution in [3.8, 4) is 0 Å². The molecule has 3 rings (SSSR count). The Labute approximate surface area is 145 Å². The zero-order valence-corrected chi connectivity index (χ0v) is 13.7. The van der Waals surface area contributed by atoms with E-state index < -0.39 is 23.6 Å². The van der Waals surface area contributed by atoms with E-state index in [9.17, 15) is 18.7 Å². The average Bonchev–Trinajstić information content (AvgIpc) is 2.64. The van der Waals surface area contributed by atoms with Crippen molar-refractivity contribution in [1.29, 1.82) is 0 Å². The summed E-state index contributed by atoms with van der Waals surface area (Å²) in [5.41, 5.74) is 0.612. The van der Waals surface area contributed by atoms with Crippen molar-refractivity contribution in [2.75, 3.05) is 32.7 Å². The Balaban J connectivity index is 1.56. The molecule has 1 saturated heterocycles. The summed E-state index contributed by atoms with van der Waals surface area (Å²) in [5.74, 6) is -1.84. The van der Waals surface area contributed by atoms with Gasteiger partial charge in [-0.25, -0.2) is 8.78 Å². The first-order chi connectivity index (χ1) is 12.0. The number of nitrogens with zero attached hydrogens (tertiary/aromatic N) is 2. The van der Waals surface area contributed by atoms with Crippen LogP contribution < -0.4 is 0 Å². The Morgan fingerprint density at radius 1 is 1.04 bits per heavy atom. The molecule has 0 spiro atoms. The lowest BCUT2D eigenvalue weighted by atomic mass is 10.1. The highest BCUT2D eigenvalue weighted by atomic mass is 19.1. The van der Waals surface area contributed by atoms with Gasteiger partial charge in [0.25, 0.3) is 5.91 Å². The van der Waals surface area contributed by atoms with Gasteiger partial charge in [0.15, 0.2) is 0 Å². The van der Waals surface area contributed by atoms with Crippen LogP contribution in [0.2, 0.25) is 0 Å². The third-order valence-corrected chi connectivity index (χ3v) is 4.43. The van der Waals surface area contributed by atoms with Gasteiger partial charge in [0.2, 0.25) is 0 Å². The minimum absolute atomic E-state index is 0.238. The Kier molecular flexibility index (Phi) is 5.40. The maximum absolute atomic E-state index is 13.8. The Morgan fingerprint density at radius 2 is 1.72 bits per heavy atom. The predicted molar refractivity (Wildman–Crippen MR) is 90.1 cm³/mol. The van der Waals surface area contributed by atoms with Crippen LogP contribution in [-0.2, 0) is 0 Å². The first-order valence-electron chi connectivity index (χ1n) is 8.24. The second-order valence-corrected chi connectivity index (χ2v) is 6.14. The number of amides is 1. The molecule has 1 aliphatic heterocycles. The monoisotopic (exact) mass is 346 g/mol. The zero-order chi connectivity index (χ0) is 17.8. The molecule has 6 heteroatoms. The lowest BCUT2D eigenvalue weighted by Gasteiger charge is -2.35. The molecule has 0 saturated carbocycles. The van der Waals surface area contributed by atoms with Crippen molar-refractivity contribution in [2.24, 2.45) is 0 Å². The summed E-state index contributed by atoms with van der Waals surface area (Å²) >= 11 is 0. The fourth-order valence-electron chi connectivity index (χ4n) is 2.99. The van der Waals surface area contributed by atoms with E-state index in [-0.39, 0.29) is 5.56 Å². The van der Waals surface area contributed by atoms with Gasteiger partial charge in [-0.15, -0.1) is 0 Å². The molecule has 1 amide bonds. The van der Waals surface area contributed by atoms with Crippen LogP contribution in [0.25, 0.3) is 0 Å². The van der Waals surface area contributed by atoms with Gasteiger partial charge in [-0.05, 0) is 23.8 Å². The maximum atomic E-state index is 13.8. The molecule has 25 heavy (non-hydrogen) atoms. The number of carbonyl (C=O) groups is 1. The van der Waals surface area contributed by atoms with Crippen molar-refractivity contribution < 1.29 is 18.7 Å². The number of rotatable bonds is 4. The summed E-state index contributed by atoms with van der Waals surface area (Å²) in [6, 6.07) is 12.3. The molecule has 0 aliphatic carbocycles. The third kappa shape index (κ3) is 4.21. The van der Waals surface area contributed by atoms with E-state index in [0.29, 0.717) is 32.7 Å². The lowest BCUT2D eigenvalue weighted by Crippen LogP contribution is -2.49. The molecule has 132 valence electrons. The summed E-state index contributed by atoms with van der Waals surface area (Å²) in [6.45, 7) is 2.45. The van der Waals surface area contributed by atoms with Crippen LogP contribution in [0.1, 0.15) is 22.0 Å². The van der Waals surface area contributed by atoms with Crippen LogP contribution in [0.3, 0.4) is 0 Å². The number of hydrogen-bond acceptors (Lipinski definition) is 3. The number of aliphatic hydroxyl groups excluding tert-OH is 1. The van der Waals surface area contributed by atoms with Gasteiger partial charge >= 0.3 is 0 Å². The molecular formula is C19H20F2N2O2. The summed E-state index contributed by atoms with van der Waals surface area (Å²) in [6.07, 6.45) is -0.593. The van der Waals surface area contributed by atoms with E-state index >= 15 is 0 Å². The van der Waals surface area contributed by atoms with Gasteiger partial charge in [-0.3, -0.25) is 9.69 Å². The Morgan fingerprint density at radius 3 is 2.40 bits per heavy atom. The maximum Gasteiger partial charge on any atom is 0.257 e. The smallest absolute Gasteiger partial charge is 0.257 e. The van der Waals surface area contributed by atoms with Crippen LogP contribution in [0.4, 0.5) is 8.78 Å². The van der Waals surface area contributed by atoms with Crippen molar-refractivity contribution >= 4 is 5.91 Å². The standard InChI is InChI=1S/C19H20F2N2O2/c20-15-6-7-17(21)16(12-15)19(25)23-10-8-22(9-11-23)13-18(24)14-4-2-1-3-5-14/h1-7,12,18,24H,8-11,13H2/t18-/m1/s1. The summed E-state index contributed by atoms with van der Waals surface area (Å²) < 4.78 is 27.0. The molecule has 0 aromatic heterocycles. The molecule has 1 fully saturated rings. The first kappa shape index (κ1) is 17.5. The highest BCUT2D eigenvalue weighted by Crippen LogP contribution is 2.17. The molecule has 2 aromatic carbocycles. The molecule has 0 bridgehead atoms. The third-order valence-electron chi connectivity index (χ3n) is 4.43. The number of halogens is 2. The number of hydrogen-bond donors (Lipinski definition) is 1. The van der Waals surface area contributed by atoms with Gasteiger partial charge in [0, 0.05) is 32.7 Å². The van der Waals surface area contributed by atoms with Gasteiger partial charge in [-0.1, -0.05) is 30.3 Å². The number of aliphatic hydroxyl groups is 1. The Hall–Kier alpha value is -2.31. The van der Waals surface area contributed by atoms with E-state index in [1.54, 1.807) is 0 Å². The van der Waals surface area contributed by atoms with Gasteiger partial charge in [0.1, 0.15) is 11.6 Å². The fraction of sp³-hybridized carbons (Fsp3) is 0.316. The fourth-order valence-corrected chi connectivity index (χ4v) is 2.99. The molecule has 0 radical (unpaired) electrons. The van der Waals surface area contributed by atoms with Crippen molar-refractivity contribution in [3.63, 3.8) is 0 Å². The van der Waals surface area contributed by atoms with E-state index in [1.807, 2.05) is 30.3 Å². The van der Waals surface area contributed by atoms with Crippen molar-refractivity contribution in [3.05, 3.63) is 71.3 Å².